The molecule has 0 unspecified atom stereocenters. The highest BCUT2D eigenvalue weighted by Gasteiger charge is 2.20. The molecule has 0 bridgehead atoms. The van der Waals surface area contributed by atoms with Crippen LogP contribution in [-0.2, 0) is 0 Å². The molecule has 1 N–H and O–H groups in total. The molecule has 5 aromatic rings. The quantitative estimate of drug-likeness (QED) is 0.267. The molecule has 0 saturated carbocycles. The van der Waals surface area contributed by atoms with Crippen LogP contribution in [0.1, 0.15) is 15.2 Å². The van der Waals surface area contributed by atoms with Gasteiger partial charge < -0.3 is 5.32 Å². The molecule has 36 heavy (non-hydrogen) atoms. The third-order valence-corrected chi connectivity index (χ3v) is 6.09. The highest BCUT2D eigenvalue weighted by atomic mass is 32.1. The SMILES string of the molecule is N#Cc1cc(-c2nc(NC(=O)c3ccc([N+](=O)[O-])s3)c3cnn(-c4cccc(F)c4)c3n2)ccc1F. The van der Waals surface area contributed by atoms with E-state index in [-0.39, 0.29) is 38.3 Å². The van der Waals surface area contributed by atoms with Crippen LogP contribution in [0, 0.1) is 33.1 Å². The van der Waals surface area contributed by atoms with Crippen LogP contribution >= 0.6 is 11.3 Å². The Bertz CT molecular complexity index is 1720. The van der Waals surface area contributed by atoms with Crippen LogP contribution in [0.25, 0.3) is 28.1 Å². The predicted molar refractivity (Wildman–Crippen MR) is 126 cm³/mol. The Morgan fingerprint density at radius 1 is 1.14 bits per heavy atom. The van der Waals surface area contributed by atoms with Crippen molar-refractivity contribution < 1.29 is 18.5 Å². The van der Waals surface area contributed by atoms with Crippen molar-refractivity contribution in [3.8, 4) is 23.1 Å². The summed E-state index contributed by atoms with van der Waals surface area (Å²) in [7, 11) is 0. The van der Waals surface area contributed by atoms with Gasteiger partial charge in [-0.25, -0.2) is 23.4 Å². The van der Waals surface area contributed by atoms with E-state index in [1.54, 1.807) is 12.1 Å². The molecule has 0 aliphatic carbocycles. The fourth-order valence-electron chi connectivity index (χ4n) is 3.40. The molecule has 0 aliphatic rings. The Hall–Kier alpha value is -5.09. The van der Waals surface area contributed by atoms with Gasteiger partial charge >= 0.3 is 5.00 Å². The van der Waals surface area contributed by atoms with Gasteiger partial charge in [-0.05, 0) is 42.5 Å². The average molecular weight is 503 g/mol. The van der Waals surface area contributed by atoms with E-state index in [1.807, 2.05) is 0 Å². The number of nitro groups is 1. The molecular formula is C23H11F2N7O3S. The normalized spacial score (nSPS) is 10.8. The molecule has 0 fully saturated rings. The summed E-state index contributed by atoms with van der Waals surface area (Å²) < 4.78 is 29.1. The van der Waals surface area contributed by atoms with Crippen molar-refractivity contribution >= 4 is 39.1 Å². The maximum Gasteiger partial charge on any atom is 0.324 e. The fraction of sp³-hybridized carbons (Fsp3) is 0. The summed E-state index contributed by atoms with van der Waals surface area (Å²) in [5, 5.41) is 27.1. The second-order valence-electron chi connectivity index (χ2n) is 7.32. The number of carbonyl (C=O) groups excluding carboxylic acids is 1. The Kier molecular flexibility index (Phi) is 5.63. The van der Waals surface area contributed by atoms with E-state index in [9.17, 15) is 29.0 Å². The number of benzene rings is 2. The first-order valence-corrected chi connectivity index (χ1v) is 10.9. The van der Waals surface area contributed by atoms with Crippen LogP contribution in [0.15, 0.2) is 60.8 Å². The third kappa shape index (κ3) is 4.12. The lowest BCUT2D eigenvalue weighted by Crippen LogP contribution is -2.13. The lowest BCUT2D eigenvalue weighted by molar-refractivity contribution is -0.380. The molecule has 10 nitrogen and oxygen atoms in total. The molecular weight excluding hydrogens is 492 g/mol. The molecule has 3 aromatic heterocycles. The van der Waals surface area contributed by atoms with Crippen LogP contribution in [-0.4, -0.2) is 30.6 Å². The van der Waals surface area contributed by atoms with Gasteiger partial charge in [-0.2, -0.15) is 10.4 Å². The minimum Gasteiger partial charge on any atom is -0.305 e. The number of hydrogen-bond acceptors (Lipinski definition) is 8. The maximum atomic E-state index is 13.9. The number of anilines is 1. The number of aromatic nitrogens is 4. The van der Waals surface area contributed by atoms with Gasteiger partial charge in [0.15, 0.2) is 11.5 Å². The van der Waals surface area contributed by atoms with Crippen molar-refractivity contribution in [2.75, 3.05) is 5.32 Å². The molecule has 2 aromatic carbocycles. The van der Waals surface area contributed by atoms with Crippen molar-refractivity contribution in [2.45, 2.75) is 0 Å². The zero-order valence-corrected chi connectivity index (χ0v) is 18.7. The smallest absolute Gasteiger partial charge is 0.305 e. The van der Waals surface area contributed by atoms with Gasteiger partial charge in [-0.1, -0.05) is 17.4 Å². The number of rotatable bonds is 5. The molecule has 0 saturated heterocycles. The van der Waals surface area contributed by atoms with Crippen LogP contribution in [0.3, 0.4) is 0 Å². The van der Waals surface area contributed by atoms with Crippen molar-refractivity contribution in [2.24, 2.45) is 0 Å². The molecule has 0 radical (unpaired) electrons. The summed E-state index contributed by atoms with van der Waals surface area (Å²) in [6, 6.07) is 13.6. The maximum absolute atomic E-state index is 13.9. The number of nitrogens with zero attached hydrogens (tertiary/aromatic N) is 6. The van der Waals surface area contributed by atoms with Crippen LogP contribution in [0.2, 0.25) is 0 Å². The first kappa shape index (κ1) is 22.7. The van der Waals surface area contributed by atoms with Crippen molar-refractivity contribution in [3.63, 3.8) is 0 Å². The lowest BCUT2D eigenvalue weighted by atomic mass is 10.1. The second-order valence-corrected chi connectivity index (χ2v) is 8.39. The third-order valence-electron chi connectivity index (χ3n) is 5.05. The van der Waals surface area contributed by atoms with E-state index in [0.717, 1.165) is 6.07 Å². The zero-order valence-electron chi connectivity index (χ0n) is 17.8. The standard InChI is InChI=1S/C23H11F2N7O3S/c24-14-2-1-3-15(9-14)31-22-16(11-27-31)21(30-23(33)18-6-7-19(36-18)32(34)35)28-20(29-22)12-4-5-17(25)13(8-12)10-26/h1-9,11H,(H,28,29,30,33). The monoisotopic (exact) mass is 503 g/mol. The Labute approximate surface area is 204 Å². The number of carbonyl (C=O) groups is 1. The number of thiophene rings is 1. The topological polar surface area (TPSA) is 140 Å². The molecule has 3 heterocycles. The van der Waals surface area contributed by atoms with Gasteiger partial charge in [0, 0.05) is 11.6 Å². The van der Waals surface area contributed by atoms with Gasteiger partial charge in [-0.15, -0.1) is 0 Å². The molecule has 0 aliphatic heterocycles. The van der Waals surface area contributed by atoms with E-state index in [1.165, 1.54) is 53.3 Å². The number of nitriles is 1. The lowest BCUT2D eigenvalue weighted by Gasteiger charge is -2.09. The molecule has 1 amide bonds. The molecule has 176 valence electrons. The minimum atomic E-state index is -0.722. The van der Waals surface area contributed by atoms with Gasteiger partial charge in [0.05, 0.1) is 32.6 Å². The highest BCUT2D eigenvalue weighted by molar-refractivity contribution is 7.17. The van der Waals surface area contributed by atoms with Crippen LogP contribution < -0.4 is 5.32 Å². The molecule has 13 heteroatoms. The summed E-state index contributed by atoms with van der Waals surface area (Å²) in [5.74, 6) is -1.84. The highest BCUT2D eigenvalue weighted by Crippen LogP contribution is 2.29. The number of hydrogen-bond donors (Lipinski definition) is 1. The van der Waals surface area contributed by atoms with Gasteiger partial charge in [0.25, 0.3) is 5.91 Å². The summed E-state index contributed by atoms with van der Waals surface area (Å²) >= 11 is 0.690. The largest absolute Gasteiger partial charge is 0.324 e. The minimum absolute atomic E-state index is 0.0153. The van der Waals surface area contributed by atoms with E-state index < -0.39 is 22.5 Å². The Morgan fingerprint density at radius 2 is 1.97 bits per heavy atom. The van der Waals surface area contributed by atoms with Crippen molar-refractivity contribution in [3.05, 3.63) is 93.0 Å². The van der Waals surface area contributed by atoms with E-state index in [0.29, 0.717) is 22.4 Å². The van der Waals surface area contributed by atoms with E-state index in [2.05, 4.69) is 20.4 Å². The van der Waals surface area contributed by atoms with Gasteiger partial charge in [-0.3, -0.25) is 14.9 Å². The predicted octanol–water partition coefficient (Wildman–Crippen LogP) is 4.85. The second kappa shape index (κ2) is 8.93. The van der Waals surface area contributed by atoms with Crippen LogP contribution in [0.5, 0.6) is 0 Å². The molecule has 0 spiro atoms. The summed E-state index contributed by atoms with van der Waals surface area (Å²) in [5.41, 5.74) is 0.592. The van der Waals surface area contributed by atoms with Gasteiger partial charge in [0.1, 0.15) is 23.5 Å². The van der Waals surface area contributed by atoms with E-state index >= 15 is 0 Å². The van der Waals surface area contributed by atoms with Crippen LogP contribution in [0.4, 0.5) is 19.6 Å². The number of fused-ring (bicyclic) bond motifs is 1. The fourth-order valence-corrected chi connectivity index (χ4v) is 4.11. The Balaban J connectivity index is 1.67. The van der Waals surface area contributed by atoms with E-state index in [4.69, 9.17) is 0 Å². The summed E-state index contributed by atoms with van der Waals surface area (Å²) in [4.78, 5) is 32.2. The average Bonchev–Trinajstić information content (AvgIpc) is 3.52. The number of amides is 1. The summed E-state index contributed by atoms with van der Waals surface area (Å²) in [6.45, 7) is 0. The zero-order chi connectivity index (χ0) is 25.4. The van der Waals surface area contributed by atoms with Gasteiger partial charge in [0.2, 0.25) is 0 Å². The summed E-state index contributed by atoms with van der Waals surface area (Å²) in [6.07, 6.45) is 1.38. The first-order valence-electron chi connectivity index (χ1n) is 10.1. The number of halogens is 2. The van der Waals surface area contributed by atoms with Crippen molar-refractivity contribution in [1.29, 1.82) is 5.26 Å². The van der Waals surface area contributed by atoms with Crippen molar-refractivity contribution in [1.82, 2.24) is 19.7 Å². The number of nitrogens with one attached hydrogen (secondary N) is 1. The molecule has 5 rings (SSSR count). The molecule has 0 atom stereocenters. The Morgan fingerprint density at radius 3 is 2.69 bits per heavy atom. The first-order chi connectivity index (χ1) is 17.3.